The number of carbonyl (C=O) groups excluding carboxylic acids is 1. The summed E-state index contributed by atoms with van der Waals surface area (Å²) in [6.07, 6.45) is 9.17. The van der Waals surface area contributed by atoms with E-state index in [4.69, 9.17) is 0 Å². The van der Waals surface area contributed by atoms with Crippen LogP contribution in [0, 0.1) is 0 Å². The lowest BCUT2D eigenvalue weighted by atomic mass is 10.1. The first-order valence-corrected chi connectivity index (χ1v) is 8.85. The molecule has 0 fully saturated rings. The van der Waals surface area contributed by atoms with Crippen molar-refractivity contribution in [1.29, 1.82) is 0 Å². The van der Waals surface area contributed by atoms with E-state index >= 15 is 0 Å². The van der Waals surface area contributed by atoms with E-state index < -0.39 is 0 Å². The lowest BCUT2D eigenvalue weighted by Crippen LogP contribution is -2.28. The first kappa shape index (κ1) is 16.3. The van der Waals surface area contributed by atoms with Gasteiger partial charge in [-0.15, -0.1) is 0 Å². The van der Waals surface area contributed by atoms with Gasteiger partial charge in [0.15, 0.2) is 0 Å². The summed E-state index contributed by atoms with van der Waals surface area (Å²) in [5.41, 5.74) is 4.53. The fourth-order valence-corrected chi connectivity index (χ4v) is 3.52. The standard InChI is InChI=1S/C22H21N3O/c1-24(21-13-12-18-7-5-6-10-20(18)21)22(26)14-11-17-15-23-25(16-17)19-8-3-2-4-9-19/h2-11,14-16,21H,12-13H2,1H3/b14-11+. The Balaban J connectivity index is 1.46. The second-order valence-electron chi connectivity index (χ2n) is 6.59. The van der Waals surface area contributed by atoms with Crippen molar-refractivity contribution < 1.29 is 4.79 Å². The highest BCUT2D eigenvalue weighted by atomic mass is 16.2. The van der Waals surface area contributed by atoms with Crippen LogP contribution in [0.4, 0.5) is 0 Å². The molecule has 0 N–H and O–H groups in total. The zero-order valence-corrected chi connectivity index (χ0v) is 14.7. The molecule has 0 spiro atoms. The van der Waals surface area contributed by atoms with Crippen LogP contribution in [-0.2, 0) is 11.2 Å². The molecule has 1 unspecified atom stereocenters. The molecule has 1 heterocycles. The van der Waals surface area contributed by atoms with Crippen molar-refractivity contribution in [3.05, 3.63) is 89.8 Å². The Morgan fingerprint density at radius 2 is 1.92 bits per heavy atom. The highest BCUT2D eigenvalue weighted by Crippen LogP contribution is 2.34. The second-order valence-corrected chi connectivity index (χ2v) is 6.59. The van der Waals surface area contributed by atoms with E-state index in [1.165, 1.54) is 11.1 Å². The van der Waals surface area contributed by atoms with Crippen LogP contribution in [0.2, 0.25) is 0 Å². The van der Waals surface area contributed by atoms with Gasteiger partial charge in [-0.1, -0.05) is 42.5 Å². The molecule has 0 saturated carbocycles. The molecule has 0 aliphatic heterocycles. The summed E-state index contributed by atoms with van der Waals surface area (Å²) in [5.74, 6) is 0.0131. The van der Waals surface area contributed by atoms with Crippen LogP contribution in [0.3, 0.4) is 0 Å². The van der Waals surface area contributed by atoms with E-state index in [1.807, 2.05) is 60.6 Å². The molecule has 1 aromatic heterocycles. The molecule has 4 heteroatoms. The maximum Gasteiger partial charge on any atom is 0.246 e. The summed E-state index contributed by atoms with van der Waals surface area (Å²) in [6.45, 7) is 0. The third-order valence-corrected chi connectivity index (χ3v) is 4.96. The molecule has 1 amide bonds. The van der Waals surface area contributed by atoms with Gasteiger partial charge < -0.3 is 4.90 Å². The van der Waals surface area contributed by atoms with Crippen molar-refractivity contribution in [2.75, 3.05) is 7.05 Å². The Hall–Kier alpha value is -3.14. The van der Waals surface area contributed by atoms with Crippen molar-refractivity contribution in [1.82, 2.24) is 14.7 Å². The number of likely N-dealkylation sites (N-methyl/N-ethyl adjacent to an activating group) is 1. The average Bonchev–Trinajstić information content (AvgIpc) is 3.33. The SMILES string of the molecule is CN(C(=O)/C=C/c1cnn(-c2ccccc2)c1)C1CCc2ccccc21. The van der Waals surface area contributed by atoms with Crippen molar-refractivity contribution in [3.63, 3.8) is 0 Å². The van der Waals surface area contributed by atoms with Crippen molar-refractivity contribution >= 4 is 12.0 Å². The molecular formula is C22H21N3O. The predicted octanol–water partition coefficient (Wildman–Crippen LogP) is 4.03. The van der Waals surface area contributed by atoms with E-state index in [0.29, 0.717) is 0 Å². The van der Waals surface area contributed by atoms with Crippen LogP contribution in [0.15, 0.2) is 73.1 Å². The van der Waals surface area contributed by atoms with Gasteiger partial charge in [-0.05, 0) is 42.2 Å². The number of hydrogen-bond acceptors (Lipinski definition) is 2. The molecule has 1 aliphatic rings. The van der Waals surface area contributed by atoms with Crippen molar-refractivity contribution in [2.24, 2.45) is 0 Å². The molecule has 4 nitrogen and oxygen atoms in total. The highest BCUT2D eigenvalue weighted by Gasteiger charge is 2.27. The smallest absolute Gasteiger partial charge is 0.246 e. The van der Waals surface area contributed by atoms with Gasteiger partial charge in [-0.3, -0.25) is 4.79 Å². The number of benzene rings is 2. The van der Waals surface area contributed by atoms with E-state index in [2.05, 4.69) is 23.3 Å². The Morgan fingerprint density at radius 1 is 1.15 bits per heavy atom. The Morgan fingerprint density at radius 3 is 2.77 bits per heavy atom. The third kappa shape index (κ3) is 3.18. The molecule has 0 radical (unpaired) electrons. The minimum Gasteiger partial charge on any atom is -0.335 e. The summed E-state index contributed by atoms with van der Waals surface area (Å²) >= 11 is 0. The Bertz CT molecular complexity index is 943. The van der Waals surface area contributed by atoms with Crippen LogP contribution in [0.5, 0.6) is 0 Å². The normalized spacial score (nSPS) is 16.0. The summed E-state index contributed by atoms with van der Waals surface area (Å²) in [6, 6.07) is 18.5. The number of carbonyl (C=O) groups is 1. The number of para-hydroxylation sites is 1. The van der Waals surface area contributed by atoms with Gasteiger partial charge in [-0.2, -0.15) is 5.10 Å². The molecule has 4 rings (SSSR count). The minimum atomic E-state index is 0.0131. The fourth-order valence-electron chi connectivity index (χ4n) is 3.52. The maximum absolute atomic E-state index is 12.6. The molecule has 3 aromatic rings. The summed E-state index contributed by atoms with van der Waals surface area (Å²) < 4.78 is 1.81. The maximum atomic E-state index is 12.6. The number of amides is 1. The monoisotopic (exact) mass is 343 g/mol. The molecular weight excluding hydrogens is 322 g/mol. The summed E-state index contributed by atoms with van der Waals surface area (Å²) in [5, 5.41) is 4.36. The van der Waals surface area contributed by atoms with Crippen molar-refractivity contribution in [2.45, 2.75) is 18.9 Å². The lowest BCUT2D eigenvalue weighted by Gasteiger charge is -2.24. The van der Waals surface area contributed by atoms with Crippen LogP contribution < -0.4 is 0 Å². The van der Waals surface area contributed by atoms with Gasteiger partial charge in [0, 0.05) is 24.9 Å². The van der Waals surface area contributed by atoms with Crippen LogP contribution >= 0.6 is 0 Å². The third-order valence-electron chi connectivity index (χ3n) is 4.96. The molecule has 2 aromatic carbocycles. The molecule has 26 heavy (non-hydrogen) atoms. The number of aryl methyl sites for hydroxylation is 1. The summed E-state index contributed by atoms with van der Waals surface area (Å²) in [4.78, 5) is 14.4. The highest BCUT2D eigenvalue weighted by molar-refractivity contribution is 5.91. The van der Waals surface area contributed by atoms with Gasteiger partial charge >= 0.3 is 0 Å². The number of fused-ring (bicyclic) bond motifs is 1. The van der Waals surface area contributed by atoms with E-state index in [-0.39, 0.29) is 11.9 Å². The number of hydrogen-bond donors (Lipinski definition) is 0. The number of aromatic nitrogens is 2. The number of nitrogens with zero attached hydrogens (tertiary/aromatic N) is 3. The van der Waals surface area contributed by atoms with Gasteiger partial charge in [0.05, 0.1) is 17.9 Å². The lowest BCUT2D eigenvalue weighted by molar-refractivity contribution is -0.126. The van der Waals surface area contributed by atoms with Gasteiger partial charge in [-0.25, -0.2) is 4.68 Å². The zero-order chi connectivity index (χ0) is 17.9. The van der Waals surface area contributed by atoms with Gasteiger partial charge in [0.2, 0.25) is 5.91 Å². The van der Waals surface area contributed by atoms with E-state index in [1.54, 1.807) is 17.0 Å². The average molecular weight is 343 g/mol. The van der Waals surface area contributed by atoms with E-state index in [0.717, 1.165) is 24.1 Å². The van der Waals surface area contributed by atoms with Crippen LogP contribution in [-0.4, -0.2) is 27.6 Å². The second kappa shape index (κ2) is 7.00. The largest absolute Gasteiger partial charge is 0.335 e. The van der Waals surface area contributed by atoms with Gasteiger partial charge in [0.25, 0.3) is 0 Å². The van der Waals surface area contributed by atoms with Crippen LogP contribution in [0.1, 0.15) is 29.2 Å². The number of rotatable bonds is 4. The van der Waals surface area contributed by atoms with E-state index in [9.17, 15) is 4.79 Å². The topological polar surface area (TPSA) is 38.1 Å². The molecule has 0 saturated heterocycles. The summed E-state index contributed by atoms with van der Waals surface area (Å²) in [7, 11) is 1.88. The van der Waals surface area contributed by atoms with Crippen LogP contribution in [0.25, 0.3) is 11.8 Å². The Labute approximate surface area is 153 Å². The fraction of sp³-hybridized carbons (Fsp3) is 0.182. The first-order valence-electron chi connectivity index (χ1n) is 8.85. The zero-order valence-electron chi connectivity index (χ0n) is 14.7. The quantitative estimate of drug-likeness (QED) is 0.671. The molecule has 0 bridgehead atoms. The Kier molecular flexibility index (Phi) is 4.40. The van der Waals surface area contributed by atoms with Gasteiger partial charge in [0.1, 0.15) is 0 Å². The minimum absolute atomic E-state index is 0.0131. The molecule has 130 valence electrons. The molecule has 1 atom stereocenters. The first-order chi connectivity index (χ1) is 12.7. The molecule has 1 aliphatic carbocycles. The van der Waals surface area contributed by atoms with Crippen molar-refractivity contribution in [3.8, 4) is 5.69 Å². The predicted molar refractivity (Wildman–Crippen MR) is 103 cm³/mol.